The Labute approximate surface area is 227 Å². The molecule has 0 bridgehead atoms. The van der Waals surface area contributed by atoms with Crippen molar-refractivity contribution in [1.29, 1.82) is 0 Å². The lowest BCUT2D eigenvalue weighted by atomic mass is 10.1. The summed E-state index contributed by atoms with van der Waals surface area (Å²) in [6.07, 6.45) is 1.33. The lowest BCUT2D eigenvalue weighted by Crippen LogP contribution is -2.32. The second-order valence-electron chi connectivity index (χ2n) is 7.80. The fraction of sp³-hybridized carbons (Fsp3) is 0.154. The van der Waals surface area contributed by atoms with E-state index in [-0.39, 0.29) is 12.5 Å². The number of para-hydroxylation sites is 1. The smallest absolute Gasteiger partial charge is 0.329 e. The first-order chi connectivity index (χ1) is 17.7. The fourth-order valence-corrected chi connectivity index (χ4v) is 4.01. The maximum absolute atomic E-state index is 12.5. The number of ether oxygens (including phenoxy) is 2. The molecular weight excluding hydrogens is 564 g/mol. The number of carbonyl (C=O) groups is 3. The van der Waals surface area contributed by atoms with Crippen molar-refractivity contribution in [2.45, 2.75) is 13.8 Å². The highest BCUT2D eigenvalue weighted by Gasteiger charge is 2.15. The van der Waals surface area contributed by atoms with Crippen molar-refractivity contribution in [2.75, 3.05) is 24.4 Å². The summed E-state index contributed by atoms with van der Waals surface area (Å²) in [4.78, 5) is 36.5. The highest BCUT2D eigenvalue weighted by Crippen LogP contribution is 2.36. The van der Waals surface area contributed by atoms with Crippen molar-refractivity contribution in [1.82, 2.24) is 5.43 Å². The molecule has 192 valence electrons. The van der Waals surface area contributed by atoms with Crippen molar-refractivity contribution >= 4 is 62.8 Å². The van der Waals surface area contributed by atoms with Gasteiger partial charge in [-0.05, 0) is 76.8 Å². The van der Waals surface area contributed by atoms with Crippen LogP contribution in [0.4, 0.5) is 11.4 Å². The molecule has 0 aliphatic heterocycles. The largest absolute Gasteiger partial charge is 0.493 e. The molecule has 3 N–H and O–H groups in total. The van der Waals surface area contributed by atoms with Crippen LogP contribution in [0.15, 0.2) is 64.2 Å². The lowest BCUT2D eigenvalue weighted by Gasteiger charge is -2.15. The van der Waals surface area contributed by atoms with Crippen molar-refractivity contribution in [3.63, 3.8) is 0 Å². The van der Waals surface area contributed by atoms with Crippen LogP contribution in [-0.2, 0) is 14.4 Å². The quantitative estimate of drug-likeness (QED) is 0.198. The molecule has 3 amide bonds. The van der Waals surface area contributed by atoms with Crippen molar-refractivity contribution < 1.29 is 23.9 Å². The Kier molecular flexibility index (Phi) is 9.64. The number of methoxy groups -OCH3 is 1. The van der Waals surface area contributed by atoms with E-state index in [1.165, 1.54) is 19.4 Å². The number of anilines is 2. The minimum absolute atomic E-state index is 0.242. The first kappa shape index (κ1) is 27.7. The van der Waals surface area contributed by atoms with Crippen molar-refractivity contribution in [3.8, 4) is 11.5 Å². The standard InChI is InChI=1S/C26H24BrClN4O5/c1-15-6-4-7-16(2)23(15)31-22(33)14-37-24-20(27)10-17(11-21(24)36-3)13-29-32-26(35)25(34)30-19-9-5-8-18(28)12-19/h4-13H,14H2,1-3H3,(H,30,34)(H,31,33)(H,32,35)/b29-13-. The van der Waals surface area contributed by atoms with Gasteiger partial charge in [-0.1, -0.05) is 35.9 Å². The van der Waals surface area contributed by atoms with Gasteiger partial charge in [0, 0.05) is 16.4 Å². The van der Waals surface area contributed by atoms with Gasteiger partial charge in [0.05, 0.1) is 17.8 Å². The fourth-order valence-electron chi connectivity index (χ4n) is 3.25. The van der Waals surface area contributed by atoms with Gasteiger partial charge in [0.1, 0.15) is 0 Å². The molecule has 0 saturated carbocycles. The third-order valence-corrected chi connectivity index (χ3v) is 5.84. The van der Waals surface area contributed by atoms with Gasteiger partial charge in [-0.3, -0.25) is 14.4 Å². The van der Waals surface area contributed by atoms with Gasteiger partial charge < -0.3 is 20.1 Å². The number of hydrazone groups is 1. The molecule has 0 fully saturated rings. The molecule has 0 atom stereocenters. The van der Waals surface area contributed by atoms with Gasteiger partial charge >= 0.3 is 11.8 Å². The third kappa shape index (κ3) is 7.80. The molecule has 3 rings (SSSR count). The molecule has 3 aromatic rings. The molecule has 9 nitrogen and oxygen atoms in total. The van der Waals surface area contributed by atoms with E-state index in [9.17, 15) is 14.4 Å². The van der Waals surface area contributed by atoms with Crippen LogP contribution in [0.25, 0.3) is 0 Å². The summed E-state index contributed by atoms with van der Waals surface area (Å²) in [5, 5.41) is 9.52. The molecule has 0 unspecified atom stereocenters. The predicted octanol–water partition coefficient (Wildman–Crippen LogP) is 4.83. The van der Waals surface area contributed by atoms with Crippen LogP contribution in [-0.4, -0.2) is 37.7 Å². The maximum atomic E-state index is 12.5. The summed E-state index contributed by atoms with van der Waals surface area (Å²) in [5.74, 6) is -1.53. The van der Waals surface area contributed by atoms with E-state index in [2.05, 4.69) is 37.1 Å². The average molecular weight is 588 g/mol. The molecular formula is C26H24BrClN4O5. The molecule has 37 heavy (non-hydrogen) atoms. The Bertz CT molecular complexity index is 1340. The Morgan fingerprint density at radius 1 is 1.00 bits per heavy atom. The summed E-state index contributed by atoms with van der Waals surface area (Å²) in [6, 6.07) is 15.4. The SMILES string of the molecule is COc1cc(/C=N\NC(=O)C(=O)Nc2cccc(Cl)c2)cc(Br)c1OCC(=O)Nc1c(C)cccc1C. The number of nitrogens with zero attached hydrogens (tertiary/aromatic N) is 1. The molecule has 0 saturated heterocycles. The molecule has 0 heterocycles. The summed E-state index contributed by atoms with van der Waals surface area (Å²) >= 11 is 9.27. The number of halogens is 2. The Morgan fingerprint density at radius 2 is 1.70 bits per heavy atom. The summed E-state index contributed by atoms with van der Waals surface area (Å²) in [7, 11) is 1.45. The molecule has 11 heteroatoms. The Balaban J connectivity index is 1.60. The number of aryl methyl sites for hydroxylation is 2. The maximum Gasteiger partial charge on any atom is 0.329 e. The lowest BCUT2D eigenvalue weighted by molar-refractivity contribution is -0.136. The van der Waals surface area contributed by atoms with Crippen LogP contribution in [0.5, 0.6) is 11.5 Å². The first-order valence-corrected chi connectivity index (χ1v) is 12.1. The summed E-state index contributed by atoms with van der Waals surface area (Å²) < 4.78 is 11.6. The van der Waals surface area contributed by atoms with Crippen LogP contribution in [0.2, 0.25) is 5.02 Å². The van der Waals surface area contributed by atoms with Gasteiger partial charge in [0.2, 0.25) is 0 Å². The minimum atomic E-state index is -0.961. The third-order valence-electron chi connectivity index (χ3n) is 5.01. The second-order valence-corrected chi connectivity index (χ2v) is 9.09. The minimum Gasteiger partial charge on any atom is -0.493 e. The zero-order valence-corrected chi connectivity index (χ0v) is 22.6. The van der Waals surface area contributed by atoms with Crippen molar-refractivity contribution in [3.05, 3.63) is 80.8 Å². The van der Waals surface area contributed by atoms with E-state index < -0.39 is 11.8 Å². The molecule has 0 radical (unpaired) electrons. The number of hydrogen-bond acceptors (Lipinski definition) is 6. The van der Waals surface area contributed by atoms with E-state index in [1.54, 1.807) is 30.3 Å². The number of carbonyl (C=O) groups excluding carboxylic acids is 3. The highest BCUT2D eigenvalue weighted by atomic mass is 79.9. The predicted molar refractivity (Wildman–Crippen MR) is 147 cm³/mol. The second kappa shape index (κ2) is 12.9. The zero-order valence-electron chi connectivity index (χ0n) is 20.2. The first-order valence-electron chi connectivity index (χ1n) is 10.9. The number of benzene rings is 3. The number of amides is 3. The average Bonchev–Trinajstić information content (AvgIpc) is 2.85. The van der Waals surface area contributed by atoms with Crippen molar-refractivity contribution in [2.24, 2.45) is 5.10 Å². The van der Waals surface area contributed by atoms with Gasteiger partial charge in [-0.15, -0.1) is 0 Å². The monoisotopic (exact) mass is 586 g/mol. The van der Waals surface area contributed by atoms with E-state index in [4.69, 9.17) is 21.1 Å². The topological polar surface area (TPSA) is 118 Å². The summed E-state index contributed by atoms with van der Waals surface area (Å²) in [6.45, 7) is 3.59. The highest BCUT2D eigenvalue weighted by molar-refractivity contribution is 9.10. The normalized spacial score (nSPS) is 10.6. The zero-order chi connectivity index (χ0) is 26.9. The molecule has 0 spiro atoms. The summed E-state index contributed by atoms with van der Waals surface area (Å²) in [5.41, 5.74) is 5.71. The van der Waals surface area contributed by atoms with E-state index in [0.717, 1.165) is 16.8 Å². The Hall–Kier alpha value is -3.89. The Morgan fingerprint density at radius 3 is 2.38 bits per heavy atom. The van der Waals surface area contributed by atoms with Crippen LogP contribution in [0.3, 0.4) is 0 Å². The molecule has 0 aliphatic carbocycles. The number of hydrogen-bond donors (Lipinski definition) is 3. The van der Waals surface area contributed by atoms with Gasteiger partial charge in [-0.25, -0.2) is 5.43 Å². The van der Waals surface area contributed by atoms with Gasteiger partial charge in [0.15, 0.2) is 18.1 Å². The van der Waals surface area contributed by atoms with Crippen LogP contribution < -0.4 is 25.5 Å². The molecule has 0 aliphatic rings. The van der Waals surface area contributed by atoms with E-state index in [1.807, 2.05) is 32.0 Å². The number of rotatable bonds is 8. The van der Waals surface area contributed by atoms with Gasteiger partial charge in [-0.2, -0.15) is 5.10 Å². The molecule has 0 aromatic heterocycles. The van der Waals surface area contributed by atoms with Crippen LogP contribution in [0.1, 0.15) is 16.7 Å². The van der Waals surface area contributed by atoms with E-state index >= 15 is 0 Å². The van der Waals surface area contributed by atoms with Crippen LogP contribution in [0, 0.1) is 13.8 Å². The number of nitrogens with one attached hydrogen (secondary N) is 3. The van der Waals surface area contributed by atoms with Crippen LogP contribution >= 0.6 is 27.5 Å². The van der Waals surface area contributed by atoms with Gasteiger partial charge in [0.25, 0.3) is 5.91 Å². The van der Waals surface area contributed by atoms with E-state index in [0.29, 0.717) is 32.2 Å². The molecule has 3 aromatic carbocycles.